The van der Waals surface area contributed by atoms with Crippen LogP contribution in [0.25, 0.3) is 0 Å². The van der Waals surface area contributed by atoms with Crippen molar-refractivity contribution in [2.75, 3.05) is 5.32 Å². The van der Waals surface area contributed by atoms with Gasteiger partial charge in [0.1, 0.15) is 11.6 Å². The Morgan fingerprint density at radius 2 is 1.78 bits per heavy atom. The monoisotopic (exact) mass is 336 g/mol. The van der Waals surface area contributed by atoms with E-state index in [1.807, 2.05) is 0 Å². The lowest BCUT2D eigenvalue weighted by molar-refractivity contribution is 0.581. The number of aromatic nitrogens is 1. The van der Waals surface area contributed by atoms with Gasteiger partial charge in [0.15, 0.2) is 11.6 Å². The molecular weight excluding hydrogens is 332 g/mol. The Hall–Kier alpha value is -1.27. The minimum Gasteiger partial charge on any atom is -0.335 e. The van der Waals surface area contributed by atoms with Crippen LogP contribution in [0.2, 0.25) is 5.02 Å². The predicted octanol–water partition coefficient (Wildman–Crippen LogP) is 4.66. The van der Waals surface area contributed by atoms with Crippen molar-refractivity contribution in [3.05, 3.63) is 51.3 Å². The van der Waals surface area contributed by atoms with Crippen LogP contribution in [-0.2, 0) is 0 Å². The van der Waals surface area contributed by atoms with Gasteiger partial charge in [-0.2, -0.15) is 0 Å². The Bertz CT molecular complexity index is 607. The van der Waals surface area contributed by atoms with Gasteiger partial charge in [-0.05, 0) is 28.1 Å². The molecule has 0 atom stereocenters. The third-order valence-corrected chi connectivity index (χ3v) is 2.89. The Morgan fingerprint density at radius 3 is 2.44 bits per heavy atom. The van der Waals surface area contributed by atoms with Gasteiger partial charge >= 0.3 is 0 Å². The van der Waals surface area contributed by atoms with Crippen LogP contribution in [0, 0.1) is 17.5 Å². The highest BCUT2D eigenvalue weighted by Crippen LogP contribution is 2.27. The van der Waals surface area contributed by atoms with E-state index in [2.05, 4.69) is 26.2 Å². The van der Waals surface area contributed by atoms with E-state index in [4.69, 9.17) is 11.6 Å². The van der Waals surface area contributed by atoms with Gasteiger partial charge in [-0.25, -0.2) is 18.2 Å². The maximum atomic E-state index is 13.4. The third-order valence-electron chi connectivity index (χ3n) is 2.07. The summed E-state index contributed by atoms with van der Waals surface area (Å²) in [5, 5.41) is 2.54. The van der Waals surface area contributed by atoms with E-state index in [-0.39, 0.29) is 21.0 Å². The zero-order chi connectivity index (χ0) is 13.3. The molecule has 7 heteroatoms. The SMILES string of the molecule is Fc1cc(F)c(Nc2ncc(Cl)cc2F)cc1Br. The fraction of sp³-hybridized carbons (Fsp3) is 0. The van der Waals surface area contributed by atoms with Crippen molar-refractivity contribution in [1.82, 2.24) is 4.98 Å². The standard InChI is InChI=1S/C11H5BrClF3N2/c12-6-2-10(8(15)3-7(6)14)18-11-9(16)1-5(13)4-17-11/h1-4H,(H,17,18). The van der Waals surface area contributed by atoms with Crippen molar-refractivity contribution in [2.45, 2.75) is 0 Å². The first-order chi connectivity index (χ1) is 8.47. The van der Waals surface area contributed by atoms with Gasteiger partial charge < -0.3 is 5.32 Å². The molecule has 0 unspecified atom stereocenters. The first-order valence-corrected chi connectivity index (χ1v) is 5.87. The van der Waals surface area contributed by atoms with Gasteiger partial charge in [0.05, 0.1) is 15.2 Å². The fourth-order valence-electron chi connectivity index (χ4n) is 1.25. The lowest BCUT2D eigenvalue weighted by atomic mass is 10.3. The van der Waals surface area contributed by atoms with E-state index in [1.54, 1.807) is 0 Å². The summed E-state index contributed by atoms with van der Waals surface area (Å²) < 4.78 is 39.9. The number of pyridine rings is 1. The maximum absolute atomic E-state index is 13.4. The molecule has 2 nitrogen and oxygen atoms in total. The Morgan fingerprint density at radius 1 is 1.06 bits per heavy atom. The molecular formula is C11H5BrClF3N2. The summed E-state index contributed by atoms with van der Waals surface area (Å²) in [6.45, 7) is 0. The second kappa shape index (κ2) is 5.16. The minimum atomic E-state index is -0.855. The van der Waals surface area contributed by atoms with Gasteiger partial charge in [-0.15, -0.1) is 0 Å². The van der Waals surface area contributed by atoms with Crippen molar-refractivity contribution >= 4 is 39.0 Å². The molecule has 0 aliphatic rings. The molecule has 18 heavy (non-hydrogen) atoms. The van der Waals surface area contributed by atoms with E-state index in [9.17, 15) is 13.2 Å². The maximum Gasteiger partial charge on any atom is 0.167 e. The molecule has 0 aliphatic carbocycles. The highest BCUT2D eigenvalue weighted by atomic mass is 79.9. The zero-order valence-corrected chi connectivity index (χ0v) is 11.0. The molecule has 0 aliphatic heterocycles. The minimum absolute atomic E-state index is 0.0563. The molecule has 0 spiro atoms. The second-order valence-electron chi connectivity index (χ2n) is 3.36. The van der Waals surface area contributed by atoms with E-state index in [0.717, 1.165) is 12.1 Å². The van der Waals surface area contributed by atoms with Gasteiger partial charge in [-0.1, -0.05) is 11.6 Å². The first kappa shape index (κ1) is 13.2. The Kier molecular flexibility index (Phi) is 3.77. The van der Waals surface area contributed by atoms with Crippen molar-refractivity contribution in [3.8, 4) is 0 Å². The average molecular weight is 338 g/mol. The number of nitrogens with zero attached hydrogens (tertiary/aromatic N) is 1. The summed E-state index contributed by atoms with van der Waals surface area (Å²) in [4.78, 5) is 3.67. The summed E-state index contributed by atoms with van der Waals surface area (Å²) in [5.41, 5.74) is -0.100. The van der Waals surface area contributed by atoms with Crippen LogP contribution in [0.1, 0.15) is 0 Å². The number of rotatable bonds is 2. The van der Waals surface area contributed by atoms with Crippen molar-refractivity contribution in [1.29, 1.82) is 0 Å². The smallest absolute Gasteiger partial charge is 0.167 e. The molecule has 2 rings (SSSR count). The number of anilines is 2. The fourth-order valence-corrected chi connectivity index (χ4v) is 1.74. The van der Waals surface area contributed by atoms with Crippen LogP contribution >= 0.6 is 27.5 Å². The predicted molar refractivity (Wildman–Crippen MR) is 66.5 cm³/mol. The number of benzene rings is 1. The highest BCUT2D eigenvalue weighted by molar-refractivity contribution is 9.10. The summed E-state index contributed by atoms with van der Waals surface area (Å²) in [7, 11) is 0. The van der Waals surface area contributed by atoms with E-state index < -0.39 is 17.5 Å². The third kappa shape index (κ3) is 2.76. The summed E-state index contributed by atoms with van der Waals surface area (Å²) >= 11 is 8.44. The van der Waals surface area contributed by atoms with Gasteiger partial charge in [0, 0.05) is 12.3 Å². The highest BCUT2D eigenvalue weighted by Gasteiger charge is 2.11. The van der Waals surface area contributed by atoms with Gasteiger partial charge in [0.2, 0.25) is 0 Å². The molecule has 1 N–H and O–H groups in total. The lowest BCUT2D eigenvalue weighted by Gasteiger charge is -2.08. The summed E-state index contributed by atoms with van der Waals surface area (Å²) in [6.07, 6.45) is 1.21. The molecule has 0 bridgehead atoms. The van der Waals surface area contributed by atoms with Crippen molar-refractivity contribution in [2.24, 2.45) is 0 Å². The summed E-state index contributed by atoms with van der Waals surface area (Å²) in [6, 6.07) is 2.87. The Balaban J connectivity index is 2.37. The quantitative estimate of drug-likeness (QED) is 0.806. The molecule has 0 radical (unpaired) electrons. The van der Waals surface area contributed by atoms with Crippen LogP contribution in [-0.4, -0.2) is 4.98 Å². The van der Waals surface area contributed by atoms with Crippen LogP contribution in [0.4, 0.5) is 24.7 Å². The molecule has 1 aromatic carbocycles. The van der Waals surface area contributed by atoms with Crippen molar-refractivity contribution < 1.29 is 13.2 Å². The molecule has 0 amide bonds. The Labute approximate surface area is 114 Å². The van der Waals surface area contributed by atoms with E-state index in [1.165, 1.54) is 6.20 Å². The number of nitrogens with one attached hydrogen (secondary N) is 1. The topological polar surface area (TPSA) is 24.9 Å². The van der Waals surface area contributed by atoms with Crippen molar-refractivity contribution in [3.63, 3.8) is 0 Å². The molecule has 1 aromatic heterocycles. The van der Waals surface area contributed by atoms with E-state index in [0.29, 0.717) is 6.07 Å². The summed E-state index contributed by atoms with van der Waals surface area (Å²) in [5.74, 6) is -2.53. The second-order valence-corrected chi connectivity index (χ2v) is 4.65. The average Bonchev–Trinajstić information content (AvgIpc) is 2.29. The number of hydrogen-bond acceptors (Lipinski definition) is 2. The van der Waals surface area contributed by atoms with Crippen LogP contribution in [0.3, 0.4) is 0 Å². The van der Waals surface area contributed by atoms with Crippen LogP contribution in [0.15, 0.2) is 28.9 Å². The molecule has 1 heterocycles. The largest absolute Gasteiger partial charge is 0.335 e. The first-order valence-electron chi connectivity index (χ1n) is 4.70. The number of halogens is 5. The molecule has 0 saturated carbocycles. The van der Waals surface area contributed by atoms with Gasteiger partial charge in [0.25, 0.3) is 0 Å². The normalized spacial score (nSPS) is 10.5. The molecule has 0 saturated heterocycles. The van der Waals surface area contributed by atoms with Crippen LogP contribution in [0.5, 0.6) is 0 Å². The number of hydrogen-bond donors (Lipinski definition) is 1. The molecule has 2 aromatic rings. The zero-order valence-electron chi connectivity index (χ0n) is 8.65. The van der Waals surface area contributed by atoms with E-state index >= 15 is 0 Å². The molecule has 94 valence electrons. The van der Waals surface area contributed by atoms with Gasteiger partial charge in [-0.3, -0.25) is 0 Å². The van der Waals surface area contributed by atoms with Crippen LogP contribution < -0.4 is 5.32 Å². The lowest BCUT2D eigenvalue weighted by Crippen LogP contribution is -2.00. The molecule has 0 fully saturated rings.